The highest BCUT2D eigenvalue weighted by molar-refractivity contribution is 7.15. The first-order valence-electron chi connectivity index (χ1n) is 7.07. The number of rotatable bonds is 5. The second kappa shape index (κ2) is 6.57. The minimum Gasteiger partial charge on any atom is -0.350 e. The Balaban J connectivity index is 1.52. The topological polar surface area (TPSA) is 99.8 Å². The Morgan fingerprint density at radius 3 is 2.91 bits per heavy atom. The number of hydrogen-bond donors (Lipinski definition) is 3. The predicted octanol–water partition coefficient (Wildman–Crippen LogP) is 2.09. The number of nitrogens with one attached hydrogen (secondary N) is 3. The second-order valence-electron chi connectivity index (χ2n) is 4.95. The fourth-order valence-electron chi connectivity index (χ4n) is 2.10. The van der Waals surface area contributed by atoms with E-state index >= 15 is 0 Å². The number of fused-ring (bicyclic) bond motifs is 1. The molecule has 0 aliphatic rings. The van der Waals surface area contributed by atoms with E-state index in [2.05, 4.69) is 25.8 Å². The van der Waals surface area contributed by atoms with Gasteiger partial charge in [-0.1, -0.05) is 18.2 Å². The molecule has 2 aromatic heterocycles. The molecule has 8 heteroatoms. The van der Waals surface area contributed by atoms with E-state index in [4.69, 9.17) is 0 Å². The van der Waals surface area contributed by atoms with Crippen molar-refractivity contribution in [2.45, 2.75) is 13.3 Å². The van der Waals surface area contributed by atoms with Crippen molar-refractivity contribution in [2.75, 3.05) is 11.9 Å². The van der Waals surface area contributed by atoms with Gasteiger partial charge in [0.1, 0.15) is 0 Å². The third-order valence-corrected chi connectivity index (χ3v) is 4.02. The van der Waals surface area contributed by atoms with Gasteiger partial charge >= 0.3 is 0 Å². The molecule has 1 aromatic carbocycles. The number of thiazole rings is 1. The Labute approximate surface area is 136 Å². The Hall–Kier alpha value is -2.74. The SMILES string of the molecule is Cc1cnc(NC(=O)CCNC(=O)c2n[nH]c3ccccc23)s1. The van der Waals surface area contributed by atoms with Gasteiger partial charge in [-0.2, -0.15) is 5.10 Å². The zero-order chi connectivity index (χ0) is 16.2. The normalized spacial score (nSPS) is 10.7. The number of benzene rings is 1. The molecule has 0 unspecified atom stereocenters. The molecule has 7 nitrogen and oxygen atoms in total. The average molecular weight is 329 g/mol. The zero-order valence-electron chi connectivity index (χ0n) is 12.4. The third kappa shape index (κ3) is 3.54. The lowest BCUT2D eigenvalue weighted by molar-refractivity contribution is -0.116. The van der Waals surface area contributed by atoms with E-state index in [1.807, 2.05) is 31.2 Å². The molecule has 118 valence electrons. The molecule has 2 amide bonds. The van der Waals surface area contributed by atoms with E-state index in [0.29, 0.717) is 10.8 Å². The Bertz CT molecular complexity index is 854. The fraction of sp³-hybridized carbons (Fsp3) is 0.200. The van der Waals surface area contributed by atoms with Crippen molar-refractivity contribution in [1.29, 1.82) is 0 Å². The highest BCUT2D eigenvalue weighted by atomic mass is 32.1. The van der Waals surface area contributed by atoms with Crippen LogP contribution in [0.2, 0.25) is 0 Å². The summed E-state index contributed by atoms with van der Waals surface area (Å²) in [6, 6.07) is 7.39. The molecule has 3 rings (SSSR count). The van der Waals surface area contributed by atoms with Gasteiger partial charge in [-0.05, 0) is 13.0 Å². The van der Waals surface area contributed by atoms with Crippen LogP contribution in [0.15, 0.2) is 30.5 Å². The number of amides is 2. The first kappa shape index (κ1) is 15.2. The molecule has 23 heavy (non-hydrogen) atoms. The smallest absolute Gasteiger partial charge is 0.272 e. The van der Waals surface area contributed by atoms with Crippen LogP contribution in [-0.4, -0.2) is 33.5 Å². The average Bonchev–Trinajstić information content (AvgIpc) is 3.13. The zero-order valence-corrected chi connectivity index (χ0v) is 13.2. The highest BCUT2D eigenvalue weighted by Crippen LogP contribution is 2.16. The number of carbonyl (C=O) groups is 2. The molecule has 3 N–H and O–H groups in total. The van der Waals surface area contributed by atoms with E-state index in [-0.39, 0.29) is 24.8 Å². The molecule has 0 aliphatic heterocycles. The monoisotopic (exact) mass is 329 g/mol. The summed E-state index contributed by atoms with van der Waals surface area (Å²) in [6.07, 6.45) is 1.87. The number of para-hydroxylation sites is 1. The fourth-order valence-corrected chi connectivity index (χ4v) is 2.78. The van der Waals surface area contributed by atoms with Crippen molar-refractivity contribution in [1.82, 2.24) is 20.5 Å². The van der Waals surface area contributed by atoms with Gasteiger partial charge in [0.05, 0.1) is 5.52 Å². The molecular weight excluding hydrogens is 314 g/mol. The van der Waals surface area contributed by atoms with Gasteiger partial charge in [0.25, 0.3) is 5.91 Å². The predicted molar refractivity (Wildman–Crippen MR) is 88.5 cm³/mol. The third-order valence-electron chi connectivity index (χ3n) is 3.19. The molecule has 0 spiro atoms. The molecule has 0 radical (unpaired) electrons. The maximum absolute atomic E-state index is 12.1. The molecule has 0 atom stereocenters. The molecule has 2 heterocycles. The molecule has 0 aliphatic carbocycles. The van der Waals surface area contributed by atoms with Gasteiger partial charge < -0.3 is 10.6 Å². The van der Waals surface area contributed by atoms with Crippen LogP contribution in [0.1, 0.15) is 21.8 Å². The largest absolute Gasteiger partial charge is 0.350 e. The van der Waals surface area contributed by atoms with Crippen molar-refractivity contribution in [3.05, 3.63) is 41.0 Å². The van der Waals surface area contributed by atoms with Gasteiger partial charge in [-0.3, -0.25) is 14.7 Å². The van der Waals surface area contributed by atoms with Crippen molar-refractivity contribution >= 4 is 39.2 Å². The van der Waals surface area contributed by atoms with Crippen molar-refractivity contribution < 1.29 is 9.59 Å². The number of aromatic amines is 1. The summed E-state index contributed by atoms with van der Waals surface area (Å²) in [5, 5.41) is 13.5. The molecule has 0 saturated carbocycles. The van der Waals surface area contributed by atoms with Crippen LogP contribution in [0.25, 0.3) is 10.9 Å². The molecule has 0 fully saturated rings. The van der Waals surface area contributed by atoms with Crippen molar-refractivity contribution in [3.63, 3.8) is 0 Å². The van der Waals surface area contributed by atoms with E-state index in [1.165, 1.54) is 11.3 Å². The van der Waals surface area contributed by atoms with Crippen LogP contribution in [0, 0.1) is 6.92 Å². The van der Waals surface area contributed by atoms with Crippen LogP contribution in [0.4, 0.5) is 5.13 Å². The number of aromatic nitrogens is 3. The van der Waals surface area contributed by atoms with Crippen LogP contribution in [0.5, 0.6) is 0 Å². The Kier molecular flexibility index (Phi) is 4.33. The summed E-state index contributed by atoms with van der Waals surface area (Å²) < 4.78 is 0. The molecule has 0 bridgehead atoms. The lowest BCUT2D eigenvalue weighted by Gasteiger charge is -2.03. The summed E-state index contributed by atoms with van der Waals surface area (Å²) in [7, 11) is 0. The highest BCUT2D eigenvalue weighted by Gasteiger charge is 2.13. The number of aryl methyl sites for hydroxylation is 1. The molecule has 0 saturated heterocycles. The summed E-state index contributed by atoms with van der Waals surface area (Å²) in [5.74, 6) is -0.494. The van der Waals surface area contributed by atoms with E-state index in [9.17, 15) is 9.59 Å². The van der Waals surface area contributed by atoms with E-state index < -0.39 is 0 Å². The van der Waals surface area contributed by atoms with Gasteiger partial charge in [0.2, 0.25) is 5.91 Å². The number of nitrogens with zero attached hydrogens (tertiary/aromatic N) is 2. The molecular formula is C15H15N5O2S. The number of anilines is 1. The number of hydrogen-bond acceptors (Lipinski definition) is 5. The van der Waals surface area contributed by atoms with E-state index in [0.717, 1.165) is 15.8 Å². The Morgan fingerprint density at radius 2 is 2.13 bits per heavy atom. The maximum atomic E-state index is 12.1. The molecule has 3 aromatic rings. The van der Waals surface area contributed by atoms with Crippen molar-refractivity contribution in [2.24, 2.45) is 0 Å². The first-order chi connectivity index (χ1) is 11.1. The quantitative estimate of drug-likeness (QED) is 0.667. The minimum absolute atomic E-state index is 0.173. The lowest BCUT2D eigenvalue weighted by Crippen LogP contribution is -2.28. The van der Waals surface area contributed by atoms with Crippen LogP contribution >= 0.6 is 11.3 Å². The standard InChI is InChI=1S/C15H15N5O2S/c1-9-8-17-15(23-9)18-12(21)6-7-16-14(22)13-10-4-2-3-5-11(10)19-20-13/h2-5,8H,6-7H2,1H3,(H,16,22)(H,19,20)(H,17,18,21). The minimum atomic E-state index is -0.305. The summed E-state index contributed by atoms with van der Waals surface area (Å²) in [6.45, 7) is 2.15. The second-order valence-corrected chi connectivity index (χ2v) is 6.18. The van der Waals surface area contributed by atoms with E-state index in [1.54, 1.807) is 6.20 Å². The summed E-state index contributed by atoms with van der Waals surface area (Å²) >= 11 is 1.41. The summed E-state index contributed by atoms with van der Waals surface area (Å²) in [5.41, 5.74) is 1.13. The van der Waals surface area contributed by atoms with Gasteiger partial charge in [-0.25, -0.2) is 4.98 Å². The summed E-state index contributed by atoms with van der Waals surface area (Å²) in [4.78, 5) is 29.0. The van der Waals surface area contributed by atoms with Crippen LogP contribution in [-0.2, 0) is 4.79 Å². The maximum Gasteiger partial charge on any atom is 0.272 e. The van der Waals surface area contributed by atoms with Crippen LogP contribution in [0.3, 0.4) is 0 Å². The van der Waals surface area contributed by atoms with Gasteiger partial charge in [-0.15, -0.1) is 11.3 Å². The number of H-pyrrole nitrogens is 1. The van der Waals surface area contributed by atoms with Gasteiger partial charge in [0, 0.05) is 29.4 Å². The Morgan fingerprint density at radius 1 is 1.30 bits per heavy atom. The van der Waals surface area contributed by atoms with Crippen LogP contribution < -0.4 is 10.6 Å². The van der Waals surface area contributed by atoms with Crippen molar-refractivity contribution in [3.8, 4) is 0 Å². The van der Waals surface area contributed by atoms with Gasteiger partial charge in [0.15, 0.2) is 10.8 Å². The number of carbonyl (C=O) groups excluding carboxylic acids is 2. The first-order valence-corrected chi connectivity index (χ1v) is 7.89. The lowest BCUT2D eigenvalue weighted by atomic mass is 10.2.